The minimum Gasteiger partial charge on any atom is -0.508 e. The Bertz CT molecular complexity index is 564. The Morgan fingerprint density at radius 1 is 1.05 bits per heavy atom. The van der Waals surface area contributed by atoms with Gasteiger partial charge in [-0.1, -0.05) is 13.8 Å². The van der Waals surface area contributed by atoms with Gasteiger partial charge >= 0.3 is 20.3 Å². The third-order valence-electron chi connectivity index (χ3n) is 3.08. The fourth-order valence-corrected chi connectivity index (χ4v) is 4.46. The quantitative estimate of drug-likeness (QED) is 0.469. The maximum atomic E-state index is 11.8. The topological polar surface area (TPSA) is 145 Å². The van der Waals surface area contributed by atoms with Crippen molar-refractivity contribution in [1.29, 1.82) is 0 Å². The lowest BCUT2D eigenvalue weighted by atomic mass is 10.1. The van der Waals surface area contributed by atoms with Crippen molar-refractivity contribution in [2.75, 3.05) is 0 Å². The summed E-state index contributed by atoms with van der Waals surface area (Å²) in [6.07, 6.45) is -0.367. The Morgan fingerprint density at radius 2 is 1.50 bits per heavy atom. The number of aromatic hydroxyl groups is 1. The first-order valence-electron chi connectivity index (χ1n) is 6.48. The first kappa shape index (κ1) is 19.2. The maximum absolute atomic E-state index is 11.8. The van der Waals surface area contributed by atoms with Crippen LogP contribution in [0.15, 0.2) is 24.3 Å². The van der Waals surface area contributed by atoms with E-state index >= 15 is 0 Å². The van der Waals surface area contributed by atoms with E-state index < -0.39 is 26.7 Å². The number of phenols is 1. The molecule has 0 heterocycles. The van der Waals surface area contributed by atoms with E-state index in [4.69, 9.17) is 4.74 Å². The predicted molar refractivity (Wildman–Crippen MR) is 79.6 cm³/mol. The molecular weight excluding hydrogens is 334 g/mol. The highest BCUT2D eigenvalue weighted by Crippen LogP contribution is 2.71. The molecule has 0 atom stereocenters. The summed E-state index contributed by atoms with van der Waals surface area (Å²) < 4.78 is 28.7. The molecule has 0 bridgehead atoms. The summed E-state index contributed by atoms with van der Waals surface area (Å²) in [7, 11) is -10.6. The average Bonchev–Trinajstić information content (AvgIpc) is 2.33. The number of hydrogen-bond acceptors (Lipinski definition) is 4. The summed E-state index contributed by atoms with van der Waals surface area (Å²) in [5.74, 6) is -0.318. The monoisotopic (exact) mass is 354 g/mol. The van der Waals surface area contributed by atoms with Crippen LogP contribution in [0.3, 0.4) is 0 Å². The zero-order valence-electron chi connectivity index (χ0n) is 12.2. The predicted octanol–water partition coefficient (Wildman–Crippen LogP) is 2.22. The van der Waals surface area contributed by atoms with Crippen molar-refractivity contribution in [1.82, 2.24) is 0 Å². The van der Waals surface area contributed by atoms with E-state index in [1.54, 1.807) is 13.8 Å². The van der Waals surface area contributed by atoms with Crippen molar-refractivity contribution in [2.45, 2.75) is 31.8 Å². The Morgan fingerprint density at radius 3 is 1.86 bits per heavy atom. The van der Waals surface area contributed by atoms with Gasteiger partial charge in [-0.3, -0.25) is 9.13 Å². The number of hydrogen-bond donors (Lipinski definition) is 5. The summed E-state index contributed by atoms with van der Waals surface area (Å²) >= 11 is 0. The average molecular weight is 354 g/mol. The molecule has 8 nitrogen and oxygen atoms in total. The summed E-state index contributed by atoms with van der Waals surface area (Å²) in [5.41, 5.74) is 0. The molecule has 0 spiro atoms. The normalized spacial score (nSPS) is 13.4. The molecule has 1 rings (SSSR count). The first-order chi connectivity index (χ1) is 9.89. The van der Waals surface area contributed by atoms with Crippen molar-refractivity contribution in [3.05, 3.63) is 24.3 Å². The lowest BCUT2D eigenvalue weighted by Crippen LogP contribution is -2.36. The Labute approximate surface area is 128 Å². The lowest BCUT2D eigenvalue weighted by molar-refractivity contribution is 0.138. The number of ether oxygens (including phenoxy) is 1. The maximum Gasteiger partial charge on any atom is 0.381 e. The zero-order valence-corrected chi connectivity index (χ0v) is 13.9. The van der Waals surface area contributed by atoms with Crippen LogP contribution in [-0.4, -0.2) is 29.8 Å². The second kappa shape index (κ2) is 6.71. The van der Waals surface area contributed by atoms with Crippen LogP contribution >= 0.6 is 15.2 Å². The van der Waals surface area contributed by atoms with Gasteiger partial charge in [-0.25, -0.2) is 0 Å². The van der Waals surface area contributed by atoms with Crippen LogP contribution in [0.1, 0.15) is 26.7 Å². The molecular formula is C12H20O8P2. The molecule has 0 aliphatic rings. The van der Waals surface area contributed by atoms with Crippen molar-refractivity contribution in [2.24, 2.45) is 5.92 Å². The second-order valence-electron chi connectivity index (χ2n) is 5.36. The van der Waals surface area contributed by atoms with Gasteiger partial charge in [0.1, 0.15) is 11.5 Å². The van der Waals surface area contributed by atoms with Gasteiger partial charge in [0, 0.05) is 6.42 Å². The van der Waals surface area contributed by atoms with Gasteiger partial charge in [0.2, 0.25) is 0 Å². The minimum absolute atomic E-state index is 0.0408. The van der Waals surface area contributed by atoms with E-state index in [-0.39, 0.29) is 23.8 Å². The third-order valence-corrected chi connectivity index (χ3v) is 7.09. The fraction of sp³-hybridized carbons (Fsp3) is 0.500. The van der Waals surface area contributed by atoms with Gasteiger partial charge < -0.3 is 29.4 Å². The van der Waals surface area contributed by atoms with Gasteiger partial charge in [-0.15, -0.1) is 0 Å². The zero-order chi connectivity index (χ0) is 17.2. The van der Waals surface area contributed by atoms with Crippen LogP contribution in [0, 0.1) is 5.92 Å². The molecule has 0 saturated carbocycles. The summed E-state index contributed by atoms with van der Waals surface area (Å²) in [4.78, 5) is 38.1. The molecule has 5 N–H and O–H groups in total. The molecule has 1 aromatic carbocycles. The largest absolute Gasteiger partial charge is 0.508 e. The standard InChI is InChI=1S/C12H20O8P2/c1-9(2)7-8-12(21(14,15)16,22(17,18)19)20-11-5-3-10(13)4-6-11/h3-6,9,13H,7-8H2,1-2H3,(H2,14,15,16)(H2,17,18,19). The molecule has 22 heavy (non-hydrogen) atoms. The van der Waals surface area contributed by atoms with Crippen LogP contribution < -0.4 is 4.74 Å². The van der Waals surface area contributed by atoms with Crippen LogP contribution in [0.25, 0.3) is 0 Å². The summed E-state index contributed by atoms with van der Waals surface area (Å²) in [5, 5.41) is 6.25. The minimum atomic E-state index is -5.31. The first-order valence-corrected chi connectivity index (χ1v) is 9.71. The van der Waals surface area contributed by atoms with Crippen molar-refractivity contribution in [3.63, 3.8) is 0 Å². The molecule has 0 aliphatic carbocycles. The molecule has 1 aromatic rings. The molecule has 0 saturated heterocycles. The molecule has 0 radical (unpaired) electrons. The fourth-order valence-electron chi connectivity index (χ4n) is 1.81. The van der Waals surface area contributed by atoms with E-state index in [1.807, 2.05) is 0 Å². The molecule has 0 aromatic heterocycles. The summed E-state index contributed by atoms with van der Waals surface area (Å²) in [6, 6.07) is 4.71. The molecule has 0 unspecified atom stereocenters. The van der Waals surface area contributed by atoms with E-state index in [9.17, 15) is 33.8 Å². The highest BCUT2D eigenvalue weighted by Gasteiger charge is 2.62. The molecule has 0 amide bonds. The van der Waals surface area contributed by atoms with Gasteiger partial charge in [-0.05, 0) is 36.6 Å². The van der Waals surface area contributed by atoms with Gasteiger partial charge in [0.25, 0.3) is 0 Å². The van der Waals surface area contributed by atoms with Crippen LogP contribution in [0.4, 0.5) is 0 Å². The lowest BCUT2D eigenvalue weighted by Gasteiger charge is -2.35. The van der Waals surface area contributed by atoms with Gasteiger partial charge in [0.15, 0.2) is 0 Å². The van der Waals surface area contributed by atoms with Gasteiger partial charge in [-0.2, -0.15) is 0 Å². The molecule has 0 aliphatic heterocycles. The molecule has 126 valence electrons. The smallest absolute Gasteiger partial charge is 0.381 e. The number of benzene rings is 1. The van der Waals surface area contributed by atoms with E-state index in [0.29, 0.717) is 0 Å². The van der Waals surface area contributed by atoms with Crippen molar-refractivity contribution < 1.29 is 38.5 Å². The van der Waals surface area contributed by atoms with Crippen LogP contribution in [0.5, 0.6) is 11.5 Å². The van der Waals surface area contributed by atoms with E-state index in [1.165, 1.54) is 24.3 Å². The Hall–Kier alpha value is -0.880. The van der Waals surface area contributed by atoms with Crippen LogP contribution in [0.2, 0.25) is 0 Å². The Balaban J connectivity index is 3.32. The second-order valence-corrected chi connectivity index (χ2v) is 9.33. The SMILES string of the molecule is CC(C)CCC(Oc1ccc(O)cc1)(P(=O)(O)O)P(=O)(O)O. The Kier molecular flexibility index (Phi) is 5.84. The number of rotatable bonds is 7. The van der Waals surface area contributed by atoms with Crippen molar-refractivity contribution in [3.8, 4) is 11.5 Å². The highest BCUT2D eigenvalue weighted by molar-refractivity contribution is 7.72. The molecule has 10 heteroatoms. The third kappa shape index (κ3) is 4.32. The summed E-state index contributed by atoms with van der Waals surface area (Å²) in [6.45, 7) is 3.51. The van der Waals surface area contributed by atoms with Crippen molar-refractivity contribution >= 4 is 15.2 Å². The van der Waals surface area contributed by atoms with E-state index in [2.05, 4.69) is 0 Å². The van der Waals surface area contributed by atoms with Gasteiger partial charge in [0.05, 0.1) is 0 Å². The van der Waals surface area contributed by atoms with E-state index in [0.717, 1.165) is 0 Å². The van der Waals surface area contributed by atoms with Crippen LogP contribution in [-0.2, 0) is 9.13 Å². The number of phenolic OH excluding ortho intramolecular Hbond substituents is 1. The molecule has 0 fully saturated rings. The highest BCUT2D eigenvalue weighted by atomic mass is 31.2.